The molecule has 4 heteroatoms. The molecule has 6 aromatic carbocycles. The molecule has 2 aromatic heterocycles. The molecule has 0 bridgehead atoms. The lowest BCUT2D eigenvalue weighted by Crippen LogP contribution is -2.39. The summed E-state index contributed by atoms with van der Waals surface area (Å²) in [6.45, 7) is 22.4. The summed E-state index contributed by atoms with van der Waals surface area (Å²) in [4.78, 5) is 3.44. The molecule has 2 aliphatic rings. The lowest BCUT2D eigenvalue weighted by Gasteiger charge is -2.38. The molecular weight excluding hydrogens is 777 g/mol. The van der Waals surface area contributed by atoms with Crippen LogP contribution in [0.4, 0.5) is 22.7 Å². The predicted molar refractivity (Wildman–Crippen MR) is 274 cm³/mol. The van der Waals surface area contributed by atoms with E-state index in [1.165, 1.54) is 0 Å². The molecule has 0 saturated heterocycles. The second-order valence-corrected chi connectivity index (χ2v) is 21.3. The third kappa shape index (κ3) is 7.14. The van der Waals surface area contributed by atoms with Gasteiger partial charge in [0.15, 0.2) is 0 Å². The lowest BCUT2D eigenvalue weighted by atomic mass is 9.84. The highest BCUT2D eigenvalue weighted by Gasteiger charge is 2.40. The summed E-state index contributed by atoms with van der Waals surface area (Å²) in [5, 5.41) is -0.107. The van der Waals surface area contributed by atoms with Crippen molar-refractivity contribution in [2.75, 3.05) is 9.80 Å². The summed E-state index contributed by atoms with van der Waals surface area (Å²) in [5.41, 5.74) is -1.12. The number of fused-ring (bicyclic) bond motifs is 4. The first-order valence-corrected chi connectivity index (χ1v) is 21.8. The number of anilines is 4. The average molecular weight is 863 g/mol. The van der Waals surface area contributed by atoms with Crippen molar-refractivity contribution in [2.45, 2.75) is 119 Å². The van der Waals surface area contributed by atoms with Crippen LogP contribution in [0.5, 0.6) is 0 Å². The number of hydrogen-bond donors (Lipinski definition) is 0. The monoisotopic (exact) mass is 863 g/mol. The highest BCUT2D eigenvalue weighted by molar-refractivity contribution is 5.89. The van der Waals surface area contributed by atoms with E-state index >= 15 is 0 Å². The third-order valence-electron chi connectivity index (χ3n) is 12.2. The van der Waals surface area contributed by atoms with Gasteiger partial charge in [0, 0.05) is 81.9 Å². The van der Waals surface area contributed by atoms with Gasteiger partial charge in [0.1, 0.15) is 0 Å². The zero-order chi connectivity index (χ0) is 62.5. The predicted octanol–water partition coefficient (Wildman–Crippen LogP) is 16.1. The Hall–Kier alpha value is -6.00. The van der Waals surface area contributed by atoms with Gasteiger partial charge in [-0.05, 0) is 119 Å². The molecule has 0 aliphatic carbocycles. The smallest absolute Gasteiger partial charge is 0.0649 e. The number of rotatable bonds is 5. The van der Waals surface area contributed by atoms with Gasteiger partial charge in [0.05, 0.1) is 35.7 Å². The number of hydrogen-bond acceptors (Lipinski definition) is 2. The van der Waals surface area contributed by atoms with Crippen LogP contribution in [0.2, 0.25) is 0 Å². The summed E-state index contributed by atoms with van der Waals surface area (Å²) in [5.74, 6) is 0. The Labute approximate surface area is 410 Å². The van der Waals surface area contributed by atoms with E-state index < -0.39 is 131 Å². The summed E-state index contributed by atoms with van der Waals surface area (Å²) in [6.07, 6.45) is -2.49. The standard InChI is InChI=1S/C60H66N4/c1-57(2,3)53-33-39-21-13-17-25-49(39)61(53)45-29-43(30-46(37-45)62-50-26-18-14-22-40(50)34-54(62)58(4,5)6)44-31-47(63-51-27-19-15-23-41(51)35-55(63)59(7,8)9)38-48(32-44)64-52-28-20-16-24-42(52)36-56(64)60(10,11)12/h13-33,35,37-38,54,56H,34,36H2,1-12H3/i13D,14D,15D,16D,17D,18D,19D,20D,21D,22D,23D,24D,25D,26D,27D,28D,33D,34D,35D,36D. The number of nitrogens with zero attached hydrogens (tertiary/aromatic N) is 4. The summed E-state index contributed by atoms with van der Waals surface area (Å²) < 4.78 is 188. The zero-order valence-electron chi connectivity index (χ0n) is 58.6. The first-order valence-electron chi connectivity index (χ1n) is 31.9. The third-order valence-corrected chi connectivity index (χ3v) is 12.2. The van der Waals surface area contributed by atoms with Crippen LogP contribution in [0.3, 0.4) is 0 Å². The van der Waals surface area contributed by atoms with Crippen molar-refractivity contribution < 1.29 is 27.4 Å². The van der Waals surface area contributed by atoms with Gasteiger partial charge in [-0.15, -0.1) is 0 Å². The second-order valence-electron chi connectivity index (χ2n) is 21.3. The van der Waals surface area contributed by atoms with Crippen LogP contribution in [-0.2, 0) is 23.6 Å². The molecule has 0 saturated carbocycles. The molecule has 4 atom stereocenters. The van der Waals surface area contributed by atoms with Crippen LogP contribution >= 0.6 is 0 Å². The lowest BCUT2D eigenvalue weighted by molar-refractivity contribution is 0.326. The van der Waals surface area contributed by atoms with Crippen molar-refractivity contribution in [3.05, 3.63) is 168 Å². The van der Waals surface area contributed by atoms with E-state index in [9.17, 15) is 16.4 Å². The minimum absolute atomic E-state index is 0.0222. The molecule has 0 fully saturated rings. The largest absolute Gasteiger partial charge is 0.337 e. The van der Waals surface area contributed by atoms with E-state index in [4.69, 9.17) is 11.0 Å². The van der Waals surface area contributed by atoms with Crippen molar-refractivity contribution >= 4 is 44.6 Å². The fourth-order valence-corrected chi connectivity index (χ4v) is 9.17. The molecule has 0 amide bonds. The Morgan fingerprint density at radius 1 is 0.438 bits per heavy atom. The van der Waals surface area contributed by atoms with Crippen LogP contribution in [0.25, 0.3) is 44.3 Å². The first kappa shape index (κ1) is 24.9. The fourth-order valence-electron chi connectivity index (χ4n) is 9.17. The summed E-state index contributed by atoms with van der Waals surface area (Å²) >= 11 is 0. The Morgan fingerprint density at radius 3 is 1.16 bits per heavy atom. The van der Waals surface area contributed by atoms with Gasteiger partial charge in [0.25, 0.3) is 0 Å². The molecule has 0 spiro atoms. The summed E-state index contributed by atoms with van der Waals surface area (Å²) in [7, 11) is 0. The van der Waals surface area contributed by atoms with E-state index in [1.54, 1.807) is 55.3 Å². The van der Waals surface area contributed by atoms with Crippen LogP contribution in [0.1, 0.15) is 133 Å². The Balaban J connectivity index is 1.45. The molecule has 4 nitrogen and oxygen atoms in total. The topological polar surface area (TPSA) is 16.3 Å². The van der Waals surface area contributed by atoms with Crippen LogP contribution in [0.15, 0.2) is 145 Å². The zero-order valence-corrected chi connectivity index (χ0v) is 38.6. The minimum Gasteiger partial charge on any atom is -0.337 e. The van der Waals surface area contributed by atoms with E-state index in [-0.39, 0.29) is 91.2 Å². The second kappa shape index (κ2) is 14.8. The maximum atomic E-state index is 9.87. The molecule has 10 rings (SSSR count). The number of para-hydroxylation sites is 4. The van der Waals surface area contributed by atoms with E-state index in [0.717, 1.165) is 0 Å². The molecule has 0 N–H and O–H groups in total. The van der Waals surface area contributed by atoms with Gasteiger partial charge >= 0.3 is 0 Å². The molecule has 4 heterocycles. The van der Waals surface area contributed by atoms with Gasteiger partial charge in [-0.25, -0.2) is 0 Å². The Morgan fingerprint density at radius 2 is 0.781 bits per heavy atom. The van der Waals surface area contributed by atoms with Crippen molar-refractivity contribution in [3.8, 4) is 22.5 Å². The number of benzene rings is 6. The average Bonchev–Trinajstić information content (AvgIpc) is 2.74. The maximum Gasteiger partial charge on any atom is 0.0649 e. The highest BCUT2D eigenvalue weighted by Crippen LogP contribution is 2.49. The van der Waals surface area contributed by atoms with Gasteiger partial charge in [-0.3, -0.25) is 0 Å². The van der Waals surface area contributed by atoms with Gasteiger partial charge in [0.2, 0.25) is 0 Å². The van der Waals surface area contributed by atoms with E-state index in [0.29, 0.717) is 22.5 Å². The normalized spacial score (nSPS) is 23.6. The molecule has 64 heavy (non-hydrogen) atoms. The van der Waals surface area contributed by atoms with Gasteiger partial charge in [-0.2, -0.15) is 0 Å². The van der Waals surface area contributed by atoms with E-state index in [2.05, 4.69) is 0 Å². The van der Waals surface area contributed by atoms with Crippen LogP contribution < -0.4 is 9.80 Å². The minimum atomic E-state index is -1.24. The van der Waals surface area contributed by atoms with Gasteiger partial charge in [-0.1, -0.05) is 156 Å². The molecule has 0 radical (unpaired) electrons. The van der Waals surface area contributed by atoms with Crippen molar-refractivity contribution in [1.29, 1.82) is 0 Å². The molecular formula is C60H66N4. The quantitative estimate of drug-likeness (QED) is 0.171. The molecule has 8 aromatic rings. The van der Waals surface area contributed by atoms with Crippen LogP contribution in [-0.4, -0.2) is 21.2 Å². The molecule has 326 valence electrons. The highest BCUT2D eigenvalue weighted by atomic mass is 15.2. The molecule has 4 unspecified atom stereocenters. The van der Waals surface area contributed by atoms with Crippen molar-refractivity contribution in [2.24, 2.45) is 10.8 Å². The summed E-state index contributed by atoms with van der Waals surface area (Å²) in [6, 6.07) is 0.670. The Bertz CT molecular complexity index is 3920. The number of aromatic nitrogens is 2. The maximum absolute atomic E-state index is 9.87. The SMILES string of the molecule is [2H]c1c([2H])c([2H])c2c(c1[2H])C([2H])C(C(C)(C)C)N2c1cc(-c2cc(N3c4c([2H])c([2H])c([2H])c([2H])c4C([2H])C3C(C)(C)C)cc(-n3c(C(C)(C)C)c([2H])c4c([2H])c([2H])c([2H])c([2H])c43)c2)cc(-n2c(C(C)(C)C)c([2H])c3c([2H])c([2H])c([2H])c([2H])c32)c1. The first-order chi connectivity index (χ1) is 38.6. The van der Waals surface area contributed by atoms with Crippen molar-refractivity contribution in [3.63, 3.8) is 0 Å². The van der Waals surface area contributed by atoms with Gasteiger partial charge < -0.3 is 18.9 Å². The Kier molecular flexibility index (Phi) is 5.75. The van der Waals surface area contributed by atoms with E-state index in [1.807, 2.05) is 83.1 Å². The molecule has 2 aliphatic heterocycles. The van der Waals surface area contributed by atoms with Crippen molar-refractivity contribution in [1.82, 2.24) is 9.13 Å². The van der Waals surface area contributed by atoms with Crippen LogP contribution in [0, 0.1) is 10.8 Å². The fraction of sp³-hybridized carbons (Fsp3) is 0.333.